The van der Waals surface area contributed by atoms with Gasteiger partial charge < -0.3 is 18.9 Å². The molecule has 4 nitrogen and oxygen atoms in total. The van der Waals surface area contributed by atoms with E-state index >= 15 is 0 Å². The van der Waals surface area contributed by atoms with E-state index in [-0.39, 0.29) is 5.41 Å². The molecular formula is C60H50N2O2. The molecule has 10 rings (SSSR count). The van der Waals surface area contributed by atoms with Gasteiger partial charge in [-0.05, 0) is 116 Å². The SMILES string of the molecule is C=CC(=C)Oc1ccc(COCc2ccc(-c3ccc(N(c4ccc(-c5c(-c6ccccc6)n(C)c6ccccc56)cc4)c4ccc5c(c4)C(C)(C)c4ccccc4-5)cc3)cc2)cc1. The van der Waals surface area contributed by atoms with Crippen LogP contribution >= 0.6 is 0 Å². The fourth-order valence-corrected chi connectivity index (χ4v) is 9.41. The summed E-state index contributed by atoms with van der Waals surface area (Å²) in [6, 6.07) is 69.9. The molecular weight excluding hydrogens is 781 g/mol. The van der Waals surface area contributed by atoms with E-state index < -0.39 is 0 Å². The molecule has 0 spiro atoms. The summed E-state index contributed by atoms with van der Waals surface area (Å²) >= 11 is 0. The molecule has 1 aromatic heterocycles. The van der Waals surface area contributed by atoms with Crippen LogP contribution in [0.5, 0.6) is 5.75 Å². The highest BCUT2D eigenvalue weighted by Crippen LogP contribution is 2.51. The molecule has 312 valence electrons. The van der Waals surface area contributed by atoms with Crippen molar-refractivity contribution in [2.75, 3.05) is 4.90 Å². The van der Waals surface area contributed by atoms with Crippen LogP contribution in [0.2, 0.25) is 0 Å². The third-order valence-corrected chi connectivity index (χ3v) is 12.7. The topological polar surface area (TPSA) is 26.6 Å². The second kappa shape index (κ2) is 16.9. The molecule has 1 aliphatic rings. The number of benzene rings is 8. The summed E-state index contributed by atoms with van der Waals surface area (Å²) in [4.78, 5) is 2.40. The highest BCUT2D eigenvalue weighted by atomic mass is 16.5. The van der Waals surface area contributed by atoms with Crippen molar-refractivity contribution >= 4 is 28.0 Å². The number of nitrogens with zero attached hydrogens (tertiary/aromatic N) is 2. The molecule has 9 aromatic rings. The standard InChI is InChI=1S/C60H50N2O2/c1-6-41(2)64-51-35-22-43(23-36-51)40-63-39-42-20-24-44(25-21-42)45-26-30-48(31-27-45)62(50-34-37-53-52-16-10-12-18-55(52)60(3,4)56(53)38-50)49-32-28-46(29-33-49)58-54-17-11-13-19-57(54)61(5)59(58)47-14-8-7-9-15-47/h6-38H,1-2,39-40H2,3-5H3. The zero-order chi connectivity index (χ0) is 43.8. The third-order valence-electron chi connectivity index (χ3n) is 12.7. The predicted octanol–water partition coefficient (Wildman–Crippen LogP) is 15.8. The number of rotatable bonds is 13. The van der Waals surface area contributed by atoms with Gasteiger partial charge >= 0.3 is 0 Å². The quantitative estimate of drug-likeness (QED) is 0.0855. The van der Waals surface area contributed by atoms with Crippen LogP contribution in [0.1, 0.15) is 36.1 Å². The monoisotopic (exact) mass is 830 g/mol. The van der Waals surface area contributed by atoms with Crippen LogP contribution in [0.3, 0.4) is 0 Å². The number of aryl methyl sites for hydroxylation is 1. The van der Waals surface area contributed by atoms with E-state index in [1.165, 1.54) is 55.5 Å². The molecule has 0 N–H and O–H groups in total. The van der Waals surface area contributed by atoms with Crippen molar-refractivity contribution in [2.24, 2.45) is 7.05 Å². The van der Waals surface area contributed by atoms with E-state index in [1.807, 2.05) is 24.3 Å². The Morgan fingerprint density at radius 1 is 0.562 bits per heavy atom. The summed E-state index contributed by atoms with van der Waals surface area (Å²) in [5.74, 6) is 1.25. The number of para-hydroxylation sites is 1. The fourth-order valence-electron chi connectivity index (χ4n) is 9.41. The smallest absolute Gasteiger partial charge is 0.127 e. The van der Waals surface area contributed by atoms with E-state index in [9.17, 15) is 0 Å². The Morgan fingerprint density at radius 2 is 1.11 bits per heavy atom. The second-order valence-electron chi connectivity index (χ2n) is 17.1. The lowest BCUT2D eigenvalue weighted by atomic mass is 9.82. The van der Waals surface area contributed by atoms with Crippen LogP contribution in [0, 0.1) is 0 Å². The number of anilines is 3. The zero-order valence-electron chi connectivity index (χ0n) is 36.6. The Morgan fingerprint density at radius 3 is 1.78 bits per heavy atom. The minimum Gasteiger partial charge on any atom is -0.458 e. The van der Waals surface area contributed by atoms with Gasteiger partial charge in [-0.15, -0.1) is 0 Å². The molecule has 1 aliphatic carbocycles. The van der Waals surface area contributed by atoms with Crippen molar-refractivity contribution in [3.63, 3.8) is 0 Å². The largest absolute Gasteiger partial charge is 0.458 e. The van der Waals surface area contributed by atoms with Crippen LogP contribution < -0.4 is 9.64 Å². The third kappa shape index (κ3) is 7.52. The van der Waals surface area contributed by atoms with Crippen LogP contribution in [0.25, 0.3) is 55.5 Å². The molecule has 0 fully saturated rings. The number of ether oxygens (including phenoxy) is 2. The first-order valence-electron chi connectivity index (χ1n) is 21.9. The van der Waals surface area contributed by atoms with Gasteiger partial charge in [0.15, 0.2) is 0 Å². The van der Waals surface area contributed by atoms with Gasteiger partial charge in [0.05, 0.1) is 18.9 Å². The molecule has 0 bridgehead atoms. The Kier molecular flexibility index (Phi) is 10.7. The Hall–Kier alpha value is -7.66. The van der Waals surface area contributed by atoms with Gasteiger partial charge in [0.1, 0.15) is 11.5 Å². The van der Waals surface area contributed by atoms with Crippen molar-refractivity contribution in [3.8, 4) is 50.4 Å². The average molecular weight is 831 g/mol. The number of hydrogen-bond donors (Lipinski definition) is 0. The maximum absolute atomic E-state index is 6.08. The predicted molar refractivity (Wildman–Crippen MR) is 266 cm³/mol. The minimum absolute atomic E-state index is 0.122. The number of fused-ring (bicyclic) bond motifs is 4. The Balaban J connectivity index is 0.951. The van der Waals surface area contributed by atoms with E-state index in [2.05, 4.69) is 213 Å². The normalized spacial score (nSPS) is 12.4. The Labute approximate surface area is 376 Å². The maximum Gasteiger partial charge on any atom is 0.127 e. The molecule has 0 saturated carbocycles. The molecule has 0 amide bonds. The highest BCUT2D eigenvalue weighted by Gasteiger charge is 2.35. The summed E-state index contributed by atoms with van der Waals surface area (Å²) in [6.07, 6.45) is 1.59. The summed E-state index contributed by atoms with van der Waals surface area (Å²) in [7, 11) is 2.17. The first-order chi connectivity index (χ1) is 31.3. The summed E-state index contributed by atoms with van der Waals surface area (Å²) in [5.41, 5.74) is 19.1. The second-order valence-corrected chi connectivity index (χ2v) is 17.1. The van der Waals surface area contributed by atoms with Crippen molar-refractivity contribution in [1.82, 2.24) is 4.57 Å². The van der Waals surface area contributed by atoms with Gasteiger partial charge in [0.2, 0.25) is 0 Å². The molecule has 1 heterocycles. The molecule has 0 saturated heterocycles. The van der Waals surface area contributed by atoms with Crippen LogP contribution in [0.15, 0.2) is 219 Å². The van der Waals surface area contributed by atoms with Gasteiger partial charge in [0, 0.05) is 46.0 Å². The first-order valence-corrected chi connectivity index (χ1v) is 21.9. The van der Waals surface area contributed by atoms with Gasteiger partial charge in [-0.25, -0.2) is 0 Å². The zero-order valence-corrected chi connectivity index (χ0v) is 36.6. The van der Waals surface area contributed by atoms with E-state index in [0.717, 1.165) is 45.1 Å². The highest BCUT2D eigenvalue weighted by molar-refractivity contribution is 6.04. The lowest BCUT2D eigenvalue weighted by molar-refractivity contribution is 0.107. The van der Waals surface area contributed by atoms with Crippen LogP contribution in [0.4, 0.5) is 17.1 Å². The molecule has 8 aromatic carbocycles. The summed E-state index contributed by atoms with van der Waals surface area (Å²) in [5, 5.41) is 1.24. The minimum atomic E-state index is -0.122. The molecule has 0 unspecified atom stereocenters. The van der Waals surface area contributed by atoms with Gasteiger partial charge in [-0.2, -0.15) is 0 Å². The first kappa shape index (κ1) is 40.4. The van der Waals surface area contributed by atoms with E-state index in [4.69, 9.17) is 9.47 Å². The van der Waals surface area contributed by atoms with Gasteiger partial charge in [-0.1, -0.05) is 167 Å². The number of allylic oxidation sites excluding steroid dienone is 1. The van der Waals surface area contributed by atoms with Gasteiger partial charge in [0.25, 0.3) is 0 Å². The van der Waals surface area contributed by atoms with Crippen molar-refractivity contribution < 1.29 is 9.47 Å². The molecule has 4 heteroatoms. The number of hydrogen-bond acceptors (Lipinski definition) is 3. The molecule has 0 aliphatic heterocycles. The lowest BCUT2D eigenvalue weighted by Gasteiger charge is -2.28. The fraction of sp³-hybridized carbons (Fsp3) is 0.100. The average Bonchev–Trinajstić information content (AvgIpc) is 3.76. The lowest BCUT2D eigenvalue weighted by Crippen LogP contribution is -2.16. The molecule has 0 atom stereocenters. The maximum atomic E-state index is 6.08. The molecule has 0 radical (unpaired) electrons. The van der Waals surface area contributed by atoms with Crippen molar-refractivity contribution in [3.05, 3.63) is 241 Å². The van der Waals surface area contributed by atoms with Crippen molar-refractivity contribution in [1.29, 1.82) is 0 Å². The summed E-state index contributed by atoms with van der Waals surface area (Å²) in [6.45, 7) is 13.2. The van der Waals surface area contributed by atoms with Crippen molar-refractivity contribution in [2.45, 2.75) is 32.5 Å². The molecule has 64 heavy (non-hydrogen) atoms. The van der Waals surface area contributed by atoms with Crippen LogP contribution in [-0.2, 0) is 30.4 Å². The van der Waals surface area contributed by atoms with Crippen LogP contribution in [-0.4, -0.2) is 4.57 Å². The van der Waals surface area contributed by atoms with E-state index in [0.29, 0.717) is 19.0 Å². The summed E-state index contributed by atoms with van der Waals surface area (Å²) < 4.78 is 14.0. The van der Waals surface area contributed by atoms with E-state index in [1.54, 1.807) is 6.08 Å². The van der Waals surface area contributed by atoms with Gasteiger partial charge in [-0.3, -0.25) is 0 Å². The Bertz CT molecular complexity index is 3140. The number of aromatic nitrogens is 1.